The molecule has 1 atom stereocenters. The molecular weight excluding hydrogens is 595 g/mol. The molecule has 2 aromatic rings. The molecule has 0 radical (unpaired) electrons. The van der Waals surface area contributed by atoms with Crippen molar-refractivity contribution in [1.82, 2.24) is 4.90 Å². The zero-order chi connectivity index (χ0) is 31.1. The number of amides is 2. The predicted molar refractivity (Wildman–Crippen MR) is 130 cm³/mol. The second-order valence-electron chi connectivity index (χ2n) is 9.69. The molecular formula is C26H24ClF9N2O3. The van der Waals surface area contributed by atoms with Crippen molar-refractivity contribution >= 4 is 29.3 Å². The summed E-state index contributed by atoms with van der Waals surface area (Å²) in [7, 11) is 0. The van der Waals surface area contributed by atoms with Crippen LogP contribution in [-0.2, 0) is 34.6 Å². The monoisotopic (exact) mass is 618 g/mol. The summed E-state index contributed by atoms with van der Waals surface area (Å²) in [6.07, 6.45) is -16.8. The highest BCUT2D eigenvalue weighted by Crippen LogP contribution is 2.45. The van der Waals surface area contributed by atoms with Crippen molar-refractivity contribution in [2.75, 3.05) is 11.4 Å². The van der Waals surface area contributed by atoms with Crippen molar-refractivity contribution in [2.45, 2.75) is 70.8 Å². The largest absolute Gasteiger partial charge is 0.446 e. The van der Waals surface area contributed by atoms with E-state index in [1.165, 1.54) is 0 Å². The Morgan fingerprint density at radius 3 is 1.98 bits per heavy atom. The third-order valence-corrected chi connectivity index (χ3v) is 6.58. The Bertz CT molecular complexity index is 1270. The third-order valence-electron chi connectivity index (χ3n) is 6.27. The fourth-order valence-corrected chi connectivity index (χ4v) is 4.81. The molecule has 226 valence electrons. The molecule has 1 aliphatic heterocycles. The highest BCUT2D eigenvalue weighted by atomic mass is 35.5. The zero-order valence-electron chi connectivity index (χ0n) is 21.8. The summed E-state index contributed by atoms with van der Waals surface area (Å²) in [6.45, 7) is 3.19. The van der Waals surface area contributed by atoms with Crippen molar-refractivity contribution in [3.8, 4) is 0 Å². The molecule has 15 heteroatoms. The van der Waals surface area contributed by atoms with E-state index in [4.69, 9.17) is 16.3 Å². The second-order valence-corrected chi connectivity index (χ2v) is 10.1. The number of alkyl halides is 9. The van der Waals surface area contributed by atoms with Gasteiger partial charge in [0.1, 0.15) is 0 Å². The molecule has 1 unspecified atom stereocenters. The van der Waals surface area contributed by atoms with Gasteiger partial charge in [-0.3, -0.25) is 9.69 Å². The molecule has 1 heterocycles. The van der Waals surface area contributed by atoms with E-state index in [2.05, 4.69) is 0 Å². The number of anilines is 1. The lowest BCUT2D eigenvalue weighted by atomic mass is 9.96. The number of nitrogens with zero attached hydrogens (tertiary/aromatic N) is 2. The van der Waals surface area contributed by atoms with Crippen molar-refractivity contribution in [1.29, 1.82) is 0 Å². The van der Waals surface area contributed by atoms with Gasteiger partial charge in [-0.15, -0.1) is 0 Å². The molecule has 0 aliphatic carbocycles. The van der Waals surface area contributed by atoms with E-state index < -0.39 is 76.5 Å². The lowest BCUT2D eigenvalue weighted by molar-refractivity contribution is -0.143. The molecule has 2 aromatic carbocycles. The van der Waals surface area contributed by atoms with E-state index in [9.17, 15) is 49.1 Å². The Morgan fingerprint density at radius 2 is 1.51 bits per heavy atom. The zero-order valence-corrected chi connectivity index (χ0v) is 22.5. The van der Waals surface area contributed by atoms with Crippen molar-refractivity contribution in [3.05, 3.63) is 63.2 Å². The molecule has 5 nitrogen and oxygen atoms in total. The Balaban J connectivity index is 2.20. The molecule has 3 rings (SSSR count). The summed E-state index contributed by atoms with van der Waals surface area (Å²) in [5.41, 5.74) is -5.43. The SMILES string of the molecule is CC(=O)N(Cc1cc(C(F)(F)F)cc(C(F)(F)F)c1)C1CCCN(C(=O)OC(C)C)c2cc(Cl)c(C(F)(F)F)cc21. The van der Waals surface area contributed by atoms with Gasteiger partial charge >= 0.3 is 24.6 Å². The Morgan fingerprint density at radius 1 is 0.951 bits per heavy atom. The smallest absolute Gasteiger partial charge is 0.417 e. The quantitative estimate of drug-likeness (QED) is 0.322. The van der Waals surface area contributed by atoms with Crippen LogP contribution in [0.3, 0.4) is 0 Å². The molecule has 0 saturated heterocycles. The first-order valence-corrected chi connectivity index (χ1v) is 12.5. The lowest BCUT2D eigenvalue weighted by Gasteiger charge is -2.33. The number of carbonyl (C=O) groups is 2. The molecule has 41 heavy (non-hydrogen) atoms. The maximum absolute atomic E-state index is 13.8. The predicted octanol–water partition coefficient (Wildman–Crippen LogP) is 8.63. The van der Waals surface area contributed by atoms with Crippen LogP contribution < -0.4 is 4.90 Å². The maximum Gasteiger partial charge on any atom is 0.417 e. The fraction of sp³-hybridized carbons (Fsp3) is 0.462. The number of ether oxygens (including phenoxy) is 1. The van der Waals surface area contributed by atoms with Crippen LogP contribution in [-0.4, -0.2) is 29.5 Å². The van der Waals surface area contributed by atoms with Gasteiger partial charge < -0.3 is 9.64 Å². The number of benzene rings is 2. The molecule has 2 amide bonds. The van der Waals surface area contributed by atoms with E-state index in [0.29, 0.717) is 18.2 Å². The van der Waals surface area contributed by atoms with Gasteiger partial charge in [-0.05, 0) is 68.1 Å². The van der Waals surface area contributed by atoms with E-state index >= 15 is 0 Å². The first kappa shape index (κ1) is 32.4. The average molecular weight is 619 g/mol. The minimum atomic E-state index is -5.15. The second kappa shape index (κ2) is 11.6. The van der Waals surface area contributed by atoms with Gasteiger partial charge in [0.25, 0.3) is 0 Å². The van der Waals surface area contributed by atoms with Crippen LogP contribution in [0.25, 0.3) is 0 Å². The van der Waals surface area contributed by atoms with Crippen molar-refractivity contribution < 1.29 is 53.8 Å². The molecule has 0 fully saturated rings. The van der Waals surface area contributed by atoms with E-state index in [1.54, 1.807) is 13.8 Å². The number of hydrogen-bond donors (Lipinski definition) is 0. The average Bonchev–Trinajstić information content (AvgIpc) is 2.98. The van der Waals surface area contributed by atoms with Crippen molar-refractivity contribution in [3.63, 3.8) is 0 Å². The lowest BCUT2D eigenvalue weighted by Crippen LogP contribution is -2.35. The number of hydrogen-bond acceptors (Lipinski definition) is 3. The van der Waals surface area contributed by atoms with E-state index in [-0.39, 0.29) is 36.7 Å². The summed E-state index contributed by atoms with van der Waals surface area (Å²) in [6, 6.07) is 1.05. The van der Waals surface area contributed by atoms with Gasteiger partial charge in [-0.2, -0.15) is 39.5 Å². The highest BCUT2D eigenvalue weighted by molar-refractivity contribution is 6.31. The van der Waals surface area contributed by atoms with E-state index in [1.807, 2.05) is 0 Å². The first-order valence-electron chi connectivity index (χ1n) is 12.1. The standard InChI is InChI=1S/C26H24ClF9N2O3/c1-13(2)41-23(40)37-6-4-5-21(18-10-19(26(34,35)36)20(27)11-22(18)37)38(14(3)39)12-15-7-16(24(28,29)30)9-17(8-15)25(31,32)33/h7-11,13,21H,4-6,12H2,1-3H3. The summed E-state index contributed by atoms with van der Waals surface area (Å²) in [5.74, 6) is -0.839. The van der Waals surface area contributed by atoms with Gasteiger partial charge in [-0.1, -0.05) is 11.6 Å². The van der Waals surface area contributed by atoms with Gasteiger partial charge in [0.05, 0.1) is 39.5 Å². The first-order chi connectivity index (χ1) is 18.7. The number of halogens is 10. The van der Waals surface area contributed by atoms with Crippen LogP contribution >= 0.6 is 11.6 Å². The van der Waals surface area contributed by atoms with Gasteiger partial charge in [0, 0.05) is 20.0 Å². The van der Waals surface area contributed by atoms with Gasteiger partial charge in [0.2, 0.25) is 5.91 Å². The molecule has 0 spiro atoms. The van der Waals surface area contributed by atoms with E-state index in [0.717, 1.165) is 22.8 Å². The van der Waals surface area contributed by atoms with Crippen LogP contribution in [0, 0.1) is 0 Å². The minimum Gasteiger partial charge on any atom is -0.446 e. The molecule has 0 saturated carbocycles. The molecule has 0 aromatic heterocycles. The third kappa shape index (κ3) is 7.57. The van der Waals surface area contributed by atoms with Gasteiger partial charge in [0.15, 0.2) is 0 Å². The Hall–Kier alpha value is -3.16. The highest BCUT2D eigenvalue weighted by Gasteiger charge is 2.40. The molecule has 0 N–H and O–H groups in total. The Kier molecular flexibility index (Phi) is 9.16. The summed E-state index contributed by atoms with van der Waals surface area (Å²) in [5, 5.41) is -0.763. The van der Waals surface area contributed by atoms with Crippen molar-refractivity contribution in [2.24, 2.45) is 0 Å². The van der Waals surface area contributed by atoms with Crippen LogP contribution in [0.4, 0.5) is 50.0 Å². The summed E-state index contributed by atoms with van der Waals surface area (Å²) >= 11 is 5.92. The summed E-state index contributed by atoms with van der Waals surface area (Å²) < 4.78 is 127. The van der Waals surface area contributed by atoms with Gasteiger partial charge in [-0.25, -0.2) is 4.79 Å². The topological polar surface area (TPSA) is 49.9 Å². The normalized spacial score (nSPS) is 16.3. The Labute approximate surface area is 233 Å². The fourth-order valence-electron chi connectivity index (χ4n) is 4.54. The van der Waals surface area contributed by atoms with Crippen LogP contribution in [0.1, 0.15) is 67.5 Å². The maximum atomic E-state index is 13.8. The molecule has 0 bridgehead atoms. The number of carbonyl (C=O) groups excluding carboxylic acids is 2. The number of fused-ring (bicyclic) bond motifs is 1. The molecule has 1 aliphatic rings. The van der Waals surface area contributed by atoms with Crippen LogP contribution in [0.15, 0.2) is 30.3 Å². The minimum absolute atomic E-state index is 0.0711. The number of rotatable bonds is 4. The summed E-state index contributed by atoms with van der Waals surface area (Å²) in [4.78, 5) is 27.5. The van der Waals surface area contributed by atoms with Crippen LogP contribution in [0.2, 0.25) is 5.02 Å². The van der Waals surface area contributed by atoms with Crippen LogP contribution in [0.5, 0.6) is 0 Å².